The normalized spacial score (nSPS) is 15.5. The van der Waals surface area contributed by atoms with Crippen molar-refractivity contribution in [2.45, 2.75) is 13.0 Å². The summed E-state index contributed by atoms with van der Waals surface area (Å²) in [5.41, 5.74) is 1.26. The number of aromatic hydroxyl groups is 1. The van der Waals surface area contributed by atoms with Crippen molar-refractivity contribution < 1.29 is 24.1 Å². The number of thiazole rings is 1. The maximum atomic E-state index is 13.7. The van der Waals surface area contributed by atoms with Crippen molar-refractivity contribution in [1.29, 1.82) is 0 Å². The van der Waals surface area contributed by atoms with Gasteiger partial charge in [0.25, 0.3) is 5.56 Å². The molecular formula is C24H20Cl2N2O6S. The van der Waals surface area contributed by atoms with Crippen LogP contribution < -0.4 is 24.4 Å². The minimum absolute atomic E-state index is 0.0775. The Kier molecular flexibility index (Phi) is 6.93. The average molecular weight is 535 g/mol. The summed E-state index contributed by atoms with van der Waals surface area (Å²) in [6.45, 7) is 1.68. The van der Waals surface area contributed by atoms with Crippen LogP contribution in [-0.4, -0.2) is 37.0 Å². The Morgan fingerprint density at radius 1 is 1.14 bits per heavy atom. The minimum Gasteiger partial charge on any atom is -0.503 e. The van der Waals surface area contributed by atoms with Gasteiger partial charge >= 0.3 is 5.97 Å². The molecule has 0 bridgehead atoms. The number of esters is 1. The van der Waals surface area contributed by atoms with Gasteiger partial charge < -0.3 is 19.3 Å². The monoisotopic (exact) mass is 534 g/mol. The van der Waals surface area contributed by atoms with Crippen molar-refractivity contribution in [3.05, 3.63) is 82.5 Å². The maximum Gasteiger partial charge on any atom is 0.338 e. The van der Waals surface area contributed by atoms with E-state index in [2.05, 4.69) is 4.99 Å². The number of carbonyl (C=O) groups excluding carboxylic acids is 1. The van der Waals surface area contributed by atoms with Crippen molar-refractivity contribution in [3.63, 3.8) is 0 Å². The summed E-state index contributed by atoms with van der Waals surface area (Å²) in [6.07, 6.45) is 1.61. The van der Waals surface area contributed by atoms with Crippen LogP contribution in [0.4, 0.5) is 0 Å². The number of allylic oxidation sites excluding steroid dienone is 1. The highest BCUT2D eigenvalue weighted by Gasteiger charge is 2.35. The molecule has 11 heteroatoms. The van der Waals surface area contributed by atoms with Gasteiger partial charge in [-0.05, 0) is 48.9 Å². The third kappa shape index (κ3) is 4.42. The molecule has 0 fully saturated rings. The zero-order valence-electron chi connectivity index (χ0n) is 19.1. The summed E-state index contributed by atoms with van der Waals surface area (Å²) < 4.78 is 17.4. The lowest BCUT2D eigenvalue weighted by Gasteiger charge is -2.25. The summed E-state index contributed by atoms with van der Waals surface area (Å²) in [5, 5.41) is 10.5. The van der Waals surface area contributed by atoms with Gasteiger partial charge in [-0.3, -0.25) is 9.36 Å². The summed E-state index contributed by atoms with van der Waals surface area (Å²) in [5.74, 6) is -0.205. The number of benzene rings is 2. The van der Waals surface area contributed by atoms with E-state index in [-0.39, 0.29) is 22.1 Å². The Hall–Kier alpha value is -3.27. The second kappa shape index (κ2) is 9.77. The Morgan fingerprint density at radius 2 is 1.86 bits per heavy atom. The quantitative estimate of drug-likeness (QED) is 0.503. The molecule has 1 atom stereocenters. The van der Waals surface area contributed by atoms with Gasteiger partial charge in [0.05, 0.1) is 42.2 Å². The SMILES string of the molecule is COC(=O)C1=C(C)N=c2s/c(=C\c3cc(Cl)c(O)c(OC)c3)c(=O)n2[C@@H]1c1cc(Cl)ccc1OC. The number of phenolic OH excluding ortho intramolecular Hbond substituents is 1. The number of rotatable bonds is 5. The number of methoxy groups -OCH3 is 3. The van der Waals surface area contributed by atoms with Crippen molar-refractivity contribution >= 4 is 46.6 Å². The van der Waals surface area contributed by atoms with Crippen LogP contribution in [0.2, 0.25) is 10.0 Å². The molecule has 0 saturated heterocycles. The predicted octanol–water partition coefficient (Wildman–Crippen LogP) is 3.44. The average Bonchev–Trinajstić information content (AvgIpc) is 3.14. The fourth-order valence-electron chi connectivity index (χ4n) is 3.89. The highest BCUT2D eigenvalue weighted by Crippen LogP contribution is 2.37. The molecule has 1 N–H and O–H groups in total. The van der Waals surface area contributed by atoms with Crippen LogP contribution in [0.1, 0.15) is 24.1 Å². The van der Waals surface area contributed by atoms with Crippen LogP contribution in [0.3, 0.4) is 0 Å². The molecule has 1 aromatic heterocycles. The number of hydrogen-bond donors (Lipinski definition) is 1. The standard InChI is InChI=1S/C24H20Cl2N2O6S/c1-11-19(23(31)34-4)20(14-10-13(25)5-6-16(14)32-2)28-22(30)18(35-24(28)27-11)9-12-7-15(26)21(29)17(8-12)33-3/h5-10,20,29H,1-4H3/b18-9-/t20-/m1/s1. The van der Waals surface area contributed by atoms with Crippen LogP contribution in [0.25, 0.3) is 6.08 Å². The van der Waals surface area contributed by atoms with Gasteiger partial charge in [-0.2, -0.15) is 0 Å². The zero-order valence-corrected chi connectivity index (χ0v) is 21.4. The second-order valence-electron chi connectivity index (χ2n) is 7.51. The molecule has 2 heterocycles. The van der Waals surface area contributed by atoms with E-state index in [0.717, 1.165) is 11.3 Å². The van der Waals surface area contributed by atoms with Gasteiger partial charge in [-0.25, -0.2) is 9.79 Å². The number of carbonyl (C=O) groups is 1. The van der Waals surface area contributed by atoms with E-state index in [4.69, 9.17) is 37.4 Å². The Morgan fingerprint density at radius 3 is 2.51 bits per heavy atom. The van der Waals surface area contributed by atoms with Crippen molar-refractivity contribution in [3.8, 4) is 17.2 Å². The smallest absolute Gasteiger partial charge is 0.338 e. The third-order valence-electron chi connectivity index (χ3n) is 5.48. The van der Waals surface area contributed by atoms with Crippen molar-refractivity contribution in [2.24, 2.45) is 4.99 Å². The highest BCUT2D eigenvalue weighted by atomic mass is 35.5. The maximum absolute atomic E-state index is 13.7. The lowest BCUT2D eigenvalue weighted by molar-refractivity contribution is -0.136. The molecule has 0 aliphatic carbocycles. The van der Waals surface area contributed by atoms with Crippen LogP contribution in [0.15, 0.2) is 51.4 Å². The van der Waals surface area contributed by atoms with Crippen molar-refractivity contribution in [2.75, 3.05) is 21.3 Å². The Bertz CT molecular complexity index is 1560. The molecule has 3 aromatic rings. The van der Waals surface area contributed by atoms with Crippen LogP contribution in [-0.2, 0) is 9.53 Å². The van der Waals surface area contributed by atoms with Gasteiger partial charge in [-0.15, -0.1) is 0 Å². The molecular weight excluding hydrogens is 515 g/mol. The van der Waals surface area contributed by atoms with E-state index >= 15 is 0 Å². The lowest BCUT2D eigenvalue weighted by Crippen LogP contribution is -2.40. The number of fused-ring (bicyclic) bond motifs is 1. The molecule has 4 rings (SSSR count). The van der Waals surface area contributed by atoms with E-state index in [9.17, 15) is 14.7 Å². The van der Waals surface area contributed by atoms with E-state index in [0.29, 0.717) is 36.9 Å². The van der Waals surface area contributed by atoms with E-state index in [1.807, 2.05) is 0 Å². The highest BCUT2D eigenvalue weighted by molar-refractivity contribution is 7.07. The summed E-state index contributed by atoms with van der Waals surface area (Å²) in [4.78, 5) is 31.4. The molecule has 35 heavy (non-hydrogen) atoms. The van der Waals surface area contributed by atoms with Crippen LogP contribution in [0.5, 0.6) is 17.2 Å². The first-order valence-electron chi connectivity index (χ1n) is 10.2. The fourth-order valence-corrected chi connectivity index (χ4v) is 5.34. The molecule has 1 aliphatic heterocycles. The van der Waals surface area contributed by atoms with Gasteiger partial charge in [0, 0.05) is 10.6 Å². The fraction of sp³-hybridized carbons (Fsp3) is 0.208. The summed E-state index contributed by atoms with van der Waals surface area (Å²) >= 11 is 13.5. The van der Waals surface area contributed by atoms with Gasteiger partial charge in [0.2, 0.25) is 0 Å². The molecule has 0 amide bonds. The number of ether oxygens (including phenoxy) is 3. The molecule has 0 saturated carbocycles. The van der Waals surface area contributed by atoms with Gasteiger partial charge in [0.1, 0.15) is 11.8 Å². The van der Waals surface area contributed by atoms with E-state index < -0.39 is 17.6 Å². The minimum atomic E-state index is -0.882. The largest absolute Gasteiger partial charge is 0.503 e. The van der Waals surface area contributed by atoms with Crippen LogP contribution >= 0.6 is 34.5 Å². The molecule has 2 aromatic carbocycles. The first-order chi connectivity index (χ1) is 16.7. The molecule has 0 spiro atoms. The molecule has 0 unspecified atom stereocenters. The molecule has 8 nitrogen and oxygen atoms in total. The topological polar surface area (TPSA) is 99.4 Å². The first kappa shape index (κ1) is 24.8. The summed E-state index contributed by atoms with van der Waals surface area (Å²) in [7, 11) is 4.16. The van der Waals surface area contributed by atoms with E-state index in [1.165, 1.54) is 32.0 Å². The zero-order chi connectivity index (χ0) is 25.4. The molecule has 1 aliphatic rings. The number of aromatic nitrogens is 1. The molecule has 182 valence electrons. The lowest BCUT2D eigenvalue weighted by atomic mass is 9.95. The van der Waals surface area contributed by atoms with Gasteiger partial charge in [0.15, 0.2) is 16.3 Å². The second-order valence-corrected chi connectivity index (χ2v) is 9.37. The predicted molar refractivity (Wildman–Crippen MR) is 133 cm³/mol. The summed E-state index contributed by atoms with van der Waals surface area (Å²) in [6, 6.07) is 7.16. The Balaban J connectivity index is 2.02. The van der Waals surface area contributed by atoms with Crippen molar-refractivity contribution in [1.82, 2.24) is 4.57 Å². The third-order valence-corrected chi connectivity index (χ3v) is 6.99. The number of halogens is 2. The number of phenols is 1. The number of hydrogen-bond acceptors (Lipinski definition) is 8. The Labute approximate surface area is 213 Å². The first-order valence-corrected chi connectivity index (χ1v) is 11.8. The van der Waals surface area contributed by atoms with Crippen LogP contribution in [0, 0.1) is 0 Å². The van der Waals surface area contributed by atoms with Gasteiger partial charge in [-0.1, -0.05) is 34.5 Å². The number of nitrogens with zero attached hydrogens (tertiary/aromatic N) is 2. The molecule has 0 radical (unpaired) electrons. The van der Waals surface area contributed by atoms with E-state index in [1.54, 1.807) is 37.3 Å².